The first-order valence-electron chi connectivity index (χ1n) is 10.7. The lowest BCUT2D eigenvalue weighted by Gasteiger charge is -2.27. The van der Waals surface area contributed by atoms with E-state index in [2.05, 4.69) is 31.4 Å². The molecule has 0 saturated carbocycles. The number of carbonyl (C=O) groups excluding carboxylic acids is 2. The van der Waals surface area contributed by atoms with Crippen molar-refractivity contribution < 1.29 is 9.59 Å². The van der Waals surface area contributed by atoms with Crippen LogP contribution in [0.15, 0.2) is 30.3 Å². The number of anilines is 2. The van der Waals surface area contributed by atoms with Crippen molar-refractivity contribution in [2.24, 2.45) is 0 Å². The van der Waals surface area contributed by atoms with Crippen LogP contribution in [0.5, 0.6) is 0 Å². The van der Waals surface area contributed by atoms with Crippen LogP contribution in [-0.4, -0.2) is 39.2 Å². The molecule has 31 heavy (non-hydrogen) atoms. The molecule has 1 aromatic carbocycles. The second-order valence-corrected chi connectivity index (χ2v) is 10.3. The molecule has 0 aliphatic heterocycles. The van der Waals surface area contributed by atoms with Crippen LogP contribution in [0.25, 0.3) is 0 Å². The molecule has 1 heterocycles. The maximum atomic E-state index is 12.9. The zero-order chi connectivity index (χ0) is 23.6. The Hall–Kier alpha value is -2.83. The Morgan fingerprint density at radius 2 is 1.71 bits per heavy atom. The monoisotopic (exact) mass is 427 g/mol. The van der Waals surface area contributed by atoms with Gasteiger partial charge in [0.15, 0.2) is 0 Å². The van der Waals surface area contributed by atoms with E-state index in [9.17, 15) is 9.59 Å². The third-order valence-corrected chi connectivity index (χ3v) is 4.85. The van der Waals surface area contributed by atoms with E-state index in [4.69, 9.17) is 5.10 Å². The third kappa shape index (κ3) is 6.57. The van der Waals surface area contributed by atoms with Crippen LogP contribution < -0.4 is 10.6 Å². The molecule has 0 aliphatic carbocycles. The van der Waals surface area contributed by atoms with E-state index in [0.29, 0.717) is 11.5 Å². The number of carbonyl (C=O) groups is 2. The van der Waals surface area contributed by atoms with Gasteiger partial charge in [-0.1, -0.05) is 32.9 Å². The number of hydrogen-bond donors (Lipinski definition) is 2. The van der Waals surface area contributed by atoms with E-state index in [-0.39, 0.29) is 35.5 Å². The second-order valence-electron chi connectivity index (χ2n) is 10.3. The molecule has 2 N–H and O–H groups in total. The molecule has 0 fully saturated rings. The summed E-state index contributed by atoms with van der Waals surface area (Å²) in [6, 6.07) is 9.04. The average Bonchev–Trinajstić information content (AvgIpc) is 3.03. The lowest BCUT2D eigenvalue weighted by molar-refractivity contribution is -0.117. The maximum Gasteiger partial charge on any atom is 0.322 e. The highest BCUT2D eigenvalue weighted by Crippen LogP contribution is 2.28. The number of nitrogens with one attached hydrogen (secondary N) is 2. The summed E-state index contributed by atoms with van der Waals surface area (Å²) in [5.74, 6) is 0.365. The van der Waals surface area contributed by atoms with Gasteiger partial charge in [-0.05, 0) is 59.2 Å². The fraction of sp³-hybridized carbons (Fsp3) is 0.542. The Kier molecular flexibility index (Phi) is 7.19. The van der Waals surface area contributed by atoms with Crippen molar-refractivity contribution in [2.45, 2.75) is 79.3 Å². The molecule has 2 aromatic rings. The Labute approximate surface area is 186 Å². The van der Waals surface area contributed by atoms with Crippen LogP contribution in [0, 0.1) is 6.92 Å². The summed E-state index contributed by atoms with van der Waals surface area (Å²) in [6.07, 6.45) is 0. The fourth-order valence-corrected chi connectivity index (χ4v) is 3.09. The summed E-state index contributed by atoms with van der Waals surface area (Å²) < 4.78 is 1.83. The van der Waals surface area contributed by atoms with Gasteiger partial charge in [0.2, 0.25) is 5.91 Å². The number of aromatic nitrogens is 2. The molecule has 0 radical (unpaired) electrons. The van der Waals surface area contributed by atoms with Gasteiger partial charge < -0.3 is 15.5 Å². The van der Waals surface area contributed by atoms with E-state index in [0.717, 1.165) is 11.3 Å². The van der Waals surface area contributed by atoms with Crippen LogP contribution in [0.1, 0.15) is 66.6 Å². The molecule has 0 unspecified atom stereocenters. The molecule has 7 heteroatoms. The number of hydrogen-bond acceptors (Lipinski definition) is 3. The highest BCUT2D eigenvalue weighted by molar-refractivity contribution is 5.96. The zero-order valence-corrected chi connectivity index (χ0v) is 20.3. The molecule has 0 atom stereocenters. The van der Waals surface area contributed by atoms with Crippen molar-refractivity contribution in [3.8, 4) is 0 Å². The van der Waals surface area contributed by atoms with Crippen molar-refractivity contribution in [2.75, 3.05) is 17.2 Å². The lowest BCUT2D eigenvalue weighted by atomic mass is 9.92. The molecule has 0 saturated heterocycles. The molecule has 0 aliphatic rings. The van der Waals surface area contributed by atoms with Crippen LogP contribution in [0.4, 0.5) is 16.3 Å². The van der Waals surface area contributed by atoms with Crippen LogP contribution in [-0.2, 0) is 15.7 Å². The van der Waals surface area contributed by atoms with Crippen molar-refractivity contribution in [3.05, 3.63) is 41.6 Å². The number of rotatable bonds is 5. The molecule has 1 aromatic heterocycles. The summed E-state index contributed by atoms with van der Waals surface area (Å²) in [4.78, 5) is 27.2. The van der Waals surface area contributed by atoms with E-state index >= 15 is 0 Å². The van der Waals surface area contributed by atoms with Crippen molar-refractivity contribution >= 4 is 23.4 Å². The quantitative estimate of drug-likeness (QED) is 0.695. The minimum Gasteiger partial charge on any atom is -0.313 e. The molecule has 2 rings (SSSR count). The summed E-state index contributed by atoms with van der Waals surface area (Å²) in [7, 11) is 0. The summed E-state index contributed by atoms with van der Waals surface area (Å²) in [6.45, 7) is 18.1. The highest BCUT2D eigenvalue weighted by Gasteiger charge is 2.27. The van der Waals surface area contributed by atoms with Crippen molar-refractivity contribution in [1.29, 1.82) is 0 Å². The largest absolute Gasteiger partial charge is 0.322 e. The Bertz CT molecular complexity index is 932. The van der Waals surface area contributed by atoms with Gasteiger partial charge in [0.1, 0.15) is 12.4 Å². The second kappa shape index (κ2) is 9.12. The number of nitrogens with zero attached hydrogens (tertiary/aromatic N) is 3. The van der Waals surface area contributed by atoms with Crippen LogP contribution in [0.2, 0.25) is 0 Å². The Balaban J connectivity index is 2.18. The van der Waals surface area contributed by atoms with Gasteiger partial charge in [-0.25, -0.2) is 9.48 Å². The van der Waals surface area contributed by atoms with Gasteiger partial charge in [-0.3, -0.25) is 4.79 Å². The number of urea groups is 1. The van der Waals surface area contributed by atoms with Crippen LogP contribution >= 0.6 is 0 Å². The minimum atomic E-state index is -0.310. The van der Waals surface area contributed by atoms with Gasteiger partial charge in [0.25, 0.3) is 0 Å². The molecule has 0 bridgehead atoms. The van der Waals surface area contributed by atoms with Gasteiger partial charge >= 0.3 is 6.03 Å². The normalized spacial score (nSPS) is 12.1. The topological polar surface area (TPSA) is 79.3 Å². The first-order valence-corrected chi connectivity index (χ1v) is 10.7. The SMILES string of the molecule is Cc1cccc(NC(=O)N(CC(=O)Nc2cc(C(C)(C)C)nn2C(C)(C)C)C(C)C)c1. The van der Waals surface area contributed by atoms with E-state index in [1.54, 1.807) is 0 Å². The molecule has 0 spiro atoms. The lowest BCUT2D eigenvalue weighted by Crippen LogP contribution is -2.45. The first kappa shape index (κ1) is 24.4. The molecule has 3 amide bonds. The smallest absolute Gasteiger partial charge is 0.313 e. The highest BCUT2D eigenvalue weighted by atomic mass is 16.2. The first-order chi connectivity index (χ1) is 14.2. The molecular weight excluding hydrogens is 390 g/mol. The van der Waals surface area contributed by atoms with E-state index in [1.165, 1.54) is 4.90 Å². The summed E-state index contributed by atoms with van der Waals surface area (Å²) in [5.41, 5.74) is 2.21. The predicted molar refractivity (Wildman–Crippen MR) is 127 cm³/mol. The fourth-order valence-electron chi connectivity index (χ4n) is 3.09. The Morgan fingerprint density at radius 1 is 1.06 bits per heavy atom. The third-order valence-electron chi connectivity index (χ3n) is 4.85. The summed E-state index contributed by atoms with van der Waals surface area (Å²) >= 11 is 0. The van der Waals surface area contributed by atoms with Crippen molar-refractivity contribution in [3.63, 3.8) is 0 Å². The standard InChI is InChI=1S/C24H37N5O2/c1-16(2)28(22(31)25-18-12-10-11-17(3)13-18)15-21(30)26-20-14-19(23(4,5)6)27-29(20)24(7,8)9/h10-14,16H,15H2,1-9H3,(H,25,31)(H,26,30). The van der Waals surface area contributed by atoms with Gasteiger partial charge in [0.05, 0.1) is 11.2 Å². The van der Waals surface area contributed by atoms with Gasteiger partial charge in [-0.2, -0.15) is 5.10 Å². The zero-order valence-electron chi connectivity index (χ0n) is 20.3. The average molecular weight is 428 g/mol. The van der Waals surface area contributed by atoms with Gasteiger partial charge in [0, 0.05) is 23.2 Å². The van der Waals surface area contributed by atoms with E-state index < -0.39 is 0 Å². The molecule has 170 valence electrons. The van der Waals surface area contributed by atoms with Crippen LogP contribution in [0.3, 0.4) is 0 Å². The molecule has 7 nitrogen and oxygen atoms in total. The maximum absolute atomic E-state index is 12.9. The number of aryl methyl sites for hydroxylation is 1. The Morgan fingerprint density at radius 3 is 2.23 bits per heavy atom. The predicted octanol–water partition coefficient (Wildman–Crippen LogP) is 5.13. The molecular formula is C24H37N5O2. The summed E-state index contributed by atoms with van der Waals surface area (Å²) in [5, 5.41) is 10.6. The van der Waals surface area contributed by atoms with E-state index in [1.807, 2.05) is 76.6 Å². The van der Waals surface area contributed by atoms with Gasteiger partial charge in [-0.15, -0.1) is 0 Å². The number of benzene rings is 1. The number of amides is 3. The van der Waals surface area contributed by atoms with Crippen molar-refractivity contribution in [1.82, 2.24) is 14.7 Å². The minimum absolute atomic E-state index is 0.0600.